The van der Waals surface area contributed by atoms with Crippen molar-refractivity contribution in [3.05, 3.63) is 89.5 Å². The lowest BCUT2D eigenvalue weighted by Crippen LogP contribution is -2.33. The molecule has 1 aliphatic carbocycles. The first kappa shape index (κ1) is 18.3. The van der Waals surface area contributed by atoms with Gasteiger partial charge >= 0.3 is 0 Å². The number of nitrogens with two attached hydrogens (primary N) is 1. The Morgan fingerprint density at radius 2 is 1.64 bits per heavy atom. The molecule has 3 aromatic carbocycles. The fourth-order valence-corrected chi connectivity index (χ4v) is 3.73. The molecule has 28 heavy (non-hydrogen) atoms. The van der Waals surface area contributed by atoms with Crippen molar-refractivity contribution < 1.29 is 9.53 Å². The summed E-state index contributed by atoms with van der Waals surface area (Å²) in [6, 6.07) is 24.4. The van der Waals surface area contributed by atoms with Crippen molar-refractivity contribution in [2.24, 2.45) is 5.73 Å². The Morgan fingerprint density at radius 3 is 2.32 bits per heavy atom. The van der Waals surface area contributed by atoms with Crippen LogP contribution in [0.5, 0.6) is 5.75 Å². The van der Waals surface area contributed by atoms with E-state index in [-0.39, 0.29) is 0 Å². The number of benzene rings is 3. The summed E-state index contributed by atoms with van der Waals surface area (Å²) >= 11 is 0. The van der Waals surface area contributed by atoms with E-state index < -0.39 is 5.91 Å². The molecule has 0 saturated heterocycles. The van der Waals surface area contributed by atoms with Crippen molar-refractivity contribution in [1.82, 2.24) is 5.32 Å². The van der Waals surface area contributed by atoms with Crippen LogP contribution in [0.3, 0.4) is 0 Å². The highest BCUT2D eigenvalue weighted by Crippen LogP contribution is 2.24. The zero-order valence-electron chi connectivity index (χ0n) is 15.7. The first-order chi connectivity index (χ1) is 13.7. The molecule has 3 N–H and O–H groups in total. The predicted octanol–water partition coefficient (Wildman–Crippen LogP) is 3.59. The smallest absolute Gasteiger partial charge is 0.248 e. The number of carbonyl (C=O) groups is 1. The molecule has 0 radical (unpaired) electrons. The van der Waals surface area contributed by atoms with E-state index >= 15 is 0 Å². The number of nitrogens with one attached hydrogen (secondary N) is 1. The largest absolute Gasteiger partial charge is 0.492 e. The van der Waals surface area contributed by atoms with E-state index in [0.717, 1.165) is 36.3 Å². The number of ether oxygens (including phenoxy) is 1. The number of amides is 1. The normalized spacial score (nSPS) is 13.3. The minimum absolute atomic E-state index is 0.417. The van der Waals surface area contributed by atoms with Crippen molar-refractivity contribution in [2.45, 2.75) is 18.9 Å². The van der Waals surface area contributed by atoms with Gasteiger partial charge in [-0.3, -0.25) is 4.79 Å². The number of hydrogen-bond donors (Lipinski definition) is 2. The molecule has 0 bridgehead atoms. The molecule has 0 atom stereocenters. The first-order valence-electron chi connectivity index (χ1n) is 9.62. The second-order valence-corrected chi connectivity index (χ2v) is 7.15. The van der Waals surface area contributed by atoms with Crippen molar-refractivity contribution >= 4 is 5.91 Å². The molecule has 0 aliphatic heterocycles. The molecule has 1 aliphatic rings. The molecule has 0 aromatic heterocycles. The fraction of sp³-hybridized carbons (Fsp3) is 0.208. The van der Waals surface area contributed by atoms with Crippen LogP contribution in [0.1, 0.15) is 21.5 Å². The van der Waals surface area contributed by atoms with Gasteiger partial charge < -0.3 is 15.8 Å². The summed E-state index contributed by atoms with van der Waals surface area (Å²) in [6.07, 6.45) is 2.18. The number of rotatable bonds is 7. The van der Waals surface area contributed by atoms with Gasteiger partial charge in [0.2, 0.25) is 5.91 Å². The van der Waals surface area contributed by atoms with Gasteiger partial charge in [0.15, 0.2) is 0 Å². The van der Waals surface area contributed by atoms with Crippen molar-refractivity contribution in [3.63, 3.8) is 0 Å². The lowest BCUT2D eigenvalue weighted by atomic mass is 10.0. The molecule has 3 aromatic rings. The Bertz CT molecular complexity index is 941. The van der Waals surface area contributed by atoms with Gasteiger partial charge in [-0.1, -0.05) is 48.5 Å². The zero-order chi connectivity index (χ0) is 19.3. The average molecular weight is 372 g/mol. The van der Waals surface area contributed by atoms with Gasteiger partial charge in [-0.25, -0.2) is 0 Å². The molecule has 4 heteroatoms. The molecular formula is C24H24N2O2. The predicted molar refractivity (Wildman–Crippen MR) is 112 cm³/mol. The van der Waals surface area contributed by atoms with Gasteiger partial charge in [0.05, 0.1) is 0 Å². The van der Waals surface area contributed by atoms with E-state index in [1.54, 1.807) is 6.07 Å². The average Bonchev–Trinajstić information content (AvgIpc) is 3.15. The molecule has 4 rings (SSSR count). The number of hydrogen-bond acceptors (Lipinski definition) is 3. The molecule has 0 heterocycles. The third-order valence-corrected chi connectivity index (χ3v) is 5.19. The minimum Gasteiger partial charge on any atom is -0.492 e. The maximum atomic E-state index is 11.3. The maximum Gasteiger partial charge on any atom is 0.248 e. The highest BCUT2D eigenvalue weighted by molar-refractivity contribution is 5.94. The molecule has 4 nitrogen and oxygen atoms in total. The second-order valence-electron chi connectivity index (χ2n) is 7.15. The van der Waals surface area contributed by atoms with Crippen LogP contribution in [0, 0.1) is 0 Å². The SMILES string of the molecule is NC(=O)c1cccc(-c2ccc(OCCNC3Cc4ccccc4C3)cc2)c1. The van der Waals surface area contributed by atoms with E-state index in [9.17, 15) is 4.79 Å². The summed E-state index contributed by atoms with van der Waals surface area (Å²) in [5.41, 5.74) is 10.8. The minimum atomic E-state index is -0.417. The third kappa shape index (κ3) is 4.24. The highest BCUT2D eigenvalue weighted by atomic mass is 16.5. The lowest BCUT2D eigenvalue weighted by Gasteiger charge is -2.13. The van der Waals surface area contributed by atoms with E-state index in [4.69, 9.17) is 10.5 Å². The van der Waals surface area contributed by atoms with Crippen molar-refractivity contribution in [1.29, 1.82) is 0 Å². The molecule has 1 amide bonds. The summed E-state index contributed by atoms with van der Waals surface area (Å²) < 4.78 is 5.86. The topological polar surface area (TPSA) is 64.4 Å². The summed E-state index contributed by atoms with van der Waals surface area (Å²) in [6.45, 7) is 1.45. The van der Waals surface area contributed by atoms with Gasteiger partial charge in [-0.15, -0.1) is 0 Å². The zero-order valence-corrected chi connectivity index (χ0v) is 15.7. The van der Waals surface area contributed by atoms with Crippen LogP contribution >= 0.6 is 0 Å². The summed E-state index contributed by atoms with van der Waals surface area (Å²) in [4.78, 5) is 11.3. The Balaban J connectivity index is 1.26. The molecule has 0 spiro atoms. The van der Waals surface area contributed by atoms with Crippen LogP contribution in [0.4, 0.5) is 0 Å². The van der Waals surface area contributed by atoms with Crippen LogP contribution in [-0.2, 0) is 12.8 Å². The monoisotopic (exact) mass is 372 g/mol. The van der Waals surface area contributed by atoms with E-state index in [1.807, 2.05) is 42.5 Å². The maximum absolute atomic E-state index is 11.3. The van der Waals surface area contributed by atoms with Crippen molar-refractivity contribution in [3.8, 4) is 16.9 Å². The standard InChI is InChI=1S/C24H24N2O2/c25-24(27)21-7-3-6-18(14-21)17-8-10-23(11-9-17)28-13-12-26-22-15-19-4-1-2-5-20(19)16-22/h1-11,14,22,26H,12-13,15-16H2,(H2,25,27). The Morgan fingerprint density at radius 1 is 0.929 bits per heavy atom. The molecule has 0 unspecified atom stereocenters. The Labute approximate surface area is 165 Å². The second kappa shape index (κ2) is 8.28. The number of carbonyl (C=O) groups excluding carboxylic acids is 1. The third-order valence-electron chi connectivity index (χ3n) is 5.19. The summed E-state index contributed by atoms with van der Waals surface area (Å²) in [5.74, 6) is 0.422. The molecular weight excluding hydrogens is 348 g/mol. The highest BCUT2D eigenvalue weighted by Gasteiger charge is 2.19. The molecule has 142 valence electrons. The fourth-order valence-electron chi connectivity index (χ4n) is 3.73. The number of fused-ring (bicyclic) bond motifs is 1. The van der Waals surface area contributed by atoms with Crippen LogP contribution in [0.2, 0.25) is 0 Å². The number of primary amides is 1. The molecule has 0 fully saturated rings. The summed E-state index contributed by atoms with van der Waals surface area (Å²) in [7, 11) is 0. The van der Waals surface area contributed by atoms with Gasteiger partial charge in [-0.2, -0.15) is 0 Å². The van der Waals surface area contributed by atoms with Gasteiger partial charge in [0, 0.05) is 18.2 Å². The Hall–Kier alpha value is -3.11. The van der Waals surface area contributed by atoms with Gasteiger partial charge in [0.1, 0.15) is 12.4 Å². The van der Waals surface area contributed by atoms with Crippen LogP contribution in [-0.4, -0.2) is 25.1 Å². The van der Waals surface area contributed by atoms with Crippen LogP contribution in [0.15, 0.2) is 72.8 Å². The van der Waals surface area contributed by atoms with E-state index in [1.165, 1.54) is 11.1 Å². The van der Waals surface area contributed by atoms with Gasteiger partial charge in [0.25, 0.3) is 0 Å². The summed E-state index contributed by atoms with van der Waals surface area (Å²) in [5, 5.41) is 3.58. The molecule has 0 saturated carbocycles. The van der Waals surface area contributed by atoms with Crippen LogP contribution < -0.4 is 15.8 Å². The van der Waals surface area contributed by atoms with Gasteiger partial charge in [-0.05, 0) is 59.4 Å². The lowest BCUT2D eigenvalue weighted by molar-refractivity contribution is 0.100. The van der Waals surface area contributed by atoms with Crippen molar-refractivity contribution in [2.75, 3.05) is 13.2 Å². The Kier molecular flexibility index (Phi) is 5.40. The van der Waals surface area contributed by atoms with E-state index in [2.05, 4.69) is 29.6 Å². The first-order valence-corrected chi connectivity index (χ1v) is 9.62. The van der Waals surface area contributed by atoms with Crippen LogP contribution in [0.25, 0.3) is 11.1 Å². The quantitative estimate of drug-likeness (QED) is 0.623. The van der Waals surface area contributed by atoms with E-state index in [0.29, 0.717) is 18.2 Å².